The minimum atomic E-state index is -3.31. The van der Waals surface area contributed by atoms with E-state index < -0.39 is 15.6 Å². The second-order valence-electron chi connectivity index (χ2n) is 8.81. The maximum atomic E-state index is 12.2. The number of imidazole rings is 1. The Hall–Kier alpha value is -3.82. The van der Waals surface area contributed by atoms with Gasteiger partial charge in [0.25, 0.3) is 0 Å². The number of sulfonamides is 1. The lowest BCUT2D eigenvalue weighted by atomic mass is 9.89. The van der Waals surface area contributed by atoms with Crippen molar-refractivity contribution in [2.24, 2.45) is 7.05 Å². The molecule has 5 rings (SSSR count). The number of anilines is 2. The van der Waals surface area contributed by atoms with Gasteiger partial charge >= 0.3 is 0 Å². The van der Waals surface area contributed by atoms with Gasteiger partial charge in [0.05, 0.1) is 47.5 Å². The van der Waals surface area contributed by atoms with Gasteiger partial charge in [0.2, 0.25) is 16.0 Å². The van der Waals surface area contributed by atoms with Crippen molar-refractivity contribution in [3.8, 4) is 17.3 Å². The zero-order chi connectivity index (χ0) is 24.8. The lowest BCUT2D eigenvalue weighted by molar-refractivity contribution is 0.0719. The van der Waals surface area contributed by atoms with Crippen molar-refractivity contribution in [2.75, 3.05) is 24.2 Å². The molecule has 12 heteroatoms. The molecule has 180 valence electrons. The van der Waals surface area contributed by atoms with E-state index in [-0.39, 0.29) is 25.3 Å². The average Bonchev–Trinajstić information content (AvgIpc) is 3.45. The number of nitrogens with zero attached hydrogens (tertiary/aromatic N) is 8. The Morgan fingerprint density at radius 1 is 1.23 bits per heavy atom. The predicted octanol–water partition coefficient (Wildman–Crippen LogP) is 2.55. The number of nitrogens with one attached hydrogen (secondary N) is 1. The lowest BCUT2D eigenvalue weighted by Crippen LogP contribution is -2.64. The summed E-state index contributed by atoms with van der Waals surface area (Å²) in [5.41, 5.74) is 4.40. The van der Waals surface area contributed by atoms with Crippen LogP contribution >= 0.6 is 0 Å². The second-order valence-corrected chi connectivity index (χ2v) is 11.1. The zero-order valence-corrected chi connectivity index (χ0v) is 20.5. The van der Waals surface area contributed by atoms with Gasteiger partial charge in [-0.1, -0.05) is 0 Å². The van der Waals surface area contributed by atoms with E-state index in [9.17, 15) is 13.7 Å². The number of hydrogen-bond donors (Lipinski definition) is 1. The summed E-state index contributed by atoms with van der Waals surface area (Å²) >= 11 is 0. The Morgan fingerprint density at radius 2 is 2.03 bits per heavy atom. The van der Waals surface area contributed by atoms with Crippen LogP contribution in [-0.2, 0) is 22.6 Å². The molecule has 0 aliphatic carbocycles. The first-order valence-corrected chi connectivity index (χ1v) is 12.8. The number of rotatable bonds is 7. The third-order valence-corrected chi connectivity index (χ3v) is 8.18. The lowest BCUT2D eigenvalue weighted by Gasteiger charge is -2.47. The molecule has 0 bridgehead atoms. The highest BCUT2D eigenvalue weighted by atomic mass is 32.2. The third kappa shape index (κ3) is 4.02. The van der Waals surface area contributed by atoms with Crippen LogP contribution in [0.5, 0.6) is 0 Å². The molecule has 0 amide bonds. The molecule has 4 aromatic rings. The highest BCUT2D eigenvalue weighted by Gasteiger charge is 2.49. The molecule has 1 saturated heterocycles. The van der Waals surface area contributed by atoms with E-state index in [1.807, 2.05) is 42.9 Å². The molecule has 4 heterocycles. The van der Waals surface area contributed by atoms with Crippen LogP contribution in [0.15, 0.2) is 43.1 Å². The maximum Gasteiger partial charge on any atom is 0.227 e. The smallest absolute Gasteiger partial charge is 0.227 e. The summed E-state index contributed by atoms with van der Waals surface area (Å²) in [5.74, 6) is 0.471. The van der Waals surface area contributed by atoms with Crippen molar-refractivity contribution in [3.05, 3.63) is 48.7 Å². The van der Waals surface area contributed by atoms with Gasteiger partial charge in [0.1, 0.15) is 5.54 Å². The second kappa shape index (κ2) is 8.44. The highest BCUT2D eigenvalue weighted by molar-refractivity contribution is 7.89. The summed E-state index contributed by atoms with van der Waals surface area (Å²) in [5, 5.41) is 17.1. The Balaban J connectivity index is 1.42. The van der Waals surface area contributed by atoms with E-state index in [0.717, 1.165) is 27.8 Å². The number of hydrogen-bond acceptors (Lipinski definition) is 8. The molecular formula is C23H25N9O2S. The van der Waals surface area contributed by atoms with Gasteiger partial charge in [0.15, 0.2) is 0 Å². The highest BCUT2D eigenvalue weighted by Crippen LogP contribution is 2.35. The Bertz CT molecular complexity index is 1560. The molecule has 1 aliphatic heterocycles. The standard InChI is InChI=1S/C23H25N9O2S/c1-4-35(33,34)31-13-23(14-31,7-8-24)32-12-17(11-27-32)21-16(2)10-25-22(29-21)28-18-5-6-19-20(9-18)30(3)15-26-19/h5-6,9-12,15H,4,7,13-14H2,1-3H3,(H,25,28,29). The van der Waals surface area contributed by atoms with Gasteiger partial charge in [0, 0.05) is 43.8 Å². The van der Waals surface area contributed by atoms with Crippen LogP contribution in [0.4, 0.5) is 11.6 Å². The summed E-state index contributed by atoms with van der Waals surface area (Å²) in [4.78, 5) is 13.5. The fraction of sp³-hybridized carbons (Fsp3) is 0.348. The monoisotopic (exact) mass is 491 g/mol. The van der Waals surface area contributed by atoms with E-state index in [1.165, 1.54) is 4.31 Å². The van der Waals surface area contributed by atoms with Crippen molar-refractivity contribution in [1.82, 2.24) is 33.6 Å². The van der Waals surface area contributed by atoms with Gasteiger partial charge in [-0.3, -0.25) is 4.68 Å². The van der Waals surface area contributed by atoms with E-state index >= 15 is 0 Å². The molecule has 11 nitrogen and oxygen atoms in total. The van der Waals surface area contributed by atoms with Crippen LogP contribution in [-0.4, -0.2) is 60.9 Å². The molecule has 0 unspecified atom stereocenters. The van der Waals surface area contributed by atoms with Crippen LogP contribution in [0.2, 0.25) is 0 Å². The molecule has 1 aliphatic rings. The topological polar surface area (TPSA) is 135 Å². The third-order valence-electron chi connectivity index (χ3n) is 6.40. The molecule has 35 heavy (non-hydrogen) atoms. The van der Waals surface area contributed by atoms with Crippen LogP contribution in [0.1, 0.15) is 18.9 Å². The zero-order valence-electron chi connectivity index (χ0n) is 19.7. The average molecular weight is 492 g/mol. The van der Waals surface area contributed by atoms with E-state index in [2.05, 4.69) is 26.5 Å². The minimum absolute atomic E-state index is 0.0312. The van der Waals surface area contributed by atoms with Gasteiger partial charge < -0.3 is 9.88 Å². The summed E-state index contributed by atoms with van der Waals surface area (Å²) in [6.07, 6.45) is 7.19. The van der Waals surface area contributed by atoms with Gasteiger partial charge in [-0.2, -0.15) is 14.7 Å². The molecule has 0 atom stereocenters. The normalized spacial score (nSPS) is 15.6. The number of aromatic nitrogens is 6. The maximum absolute atomic E-state index is 12.2. The Morgan fingerprint density at radius 3 is 2.77 bits per heavy atom. The first-order valence-electron chi connectivity index (χ1n) is 11.2. The number of nitriles is 1. The predicted molar refractivity (Wildman–Crippen MR) is 131 cm³/mol. The van der Waals surface area contributed by atoms with Crippen molar-refractivity contribution < 1.29 is 8.42 Å². The number of aryl methyl sites for hydroxylation is 2. The minimum Gasteiger partial charge on any atom is -0.334 e. The molecule has 1 N–H and O–H groups in total. The quantitative estimate of drug-likeness (QED) is 0.417. The summed E-state index contributed by atoms with van der Waals surface area (Å²) in [6, 6.07) is 8.04. The first-order chi connectivity index (χ1) is 16.7. The van der Waals surface area contributed by atoms with Crippen LogP contribution in [0.3, 0.4) is 0 Å². The molecule has 3 aromatic heterocycles. The van der Waals surface area contributed by atoms with Crippen molar-refractivity contribution in [3.63, 3.8) is 0 Å². The summed E-state index contributed by atoms with van der Waals surface area (Å²) < 4.78 is 29.5. The van der Waals surface area contributed by atoms with E-state index in [4.69, 9.17) is 4.98 Å². The van der Waals surface area contributed by atoms with E-state index in [0.29, 0.717) is 11.6 Å². The Labute approximate surface area is 203 Å². The van der Waals surface area contributed by atoms with Crippen molar-refractivity contribution in [2.45, 2.75) is 25.8 Å². The van der Waals surface area contributed by atoms with Crippen LogP contribution < -0.4 is 5.32 Å². The first kappa shape index (κ1) is 22.9. The Kier molecular flexibility index (Phi) is 5.53. The van der Waals surface area contributed by atoms with Crippen molar-refractivity contribution >= 4 is 32.7 Å². The van der Waals surface area contributed by atoms with Gasteiger partial charge in [-0.05, 0) is 37.6 Å². The SMILES string of the molecule is CCS(=O)(=O)N1CC(CC#N)(n2cc(-c3nc(Nc4ccc5ncn(C)c5c4)ncc3C)cn2)C1. The fourth-order valence-electron chi connectivity index (χ4n) is 4.31. The number of benzene rings is 1. The molecule has 1 fully saturated rings. The fourth-order valence-corrected chi connectivity index (χ4v) is 5.55. The summed E-state index contributed by atoms with van der Waals surface area (Å²) in [7, 11) is -1.37. The number of fused-ring (bicyclic) bond motifs is 1. The van der Waals surface area contributed by atoms with Gasteiger partial charge in [-0.15, -0.1) is 0 Å². The summed E-state index contributed by atoms with van der Waals surface area (Å²) in [6.45, 7) is 3.99. The molecule has 0 radical (unpaired) electrons. The molecule has 0 spiro atoms. The molecule has 1 aromatic carbocycles. The molecule has 0 saturated carbocycles. The van der Waals surface area contributed by atoms with Crippen LogP contribution in [0, 0.1) is 18.3 Å². The van der Waals surface area contributed by atoms with E-state index in [1.54, 1.807) is 30.3 Å². The van der Waals surface area contributed by atoms with Crippen LogP contribution in [0.25, 0.3) is 22.3 Å². The van der Waals surface area contributed by atoms with Gasteiger partial charge in [-0.25, -0.2) is 23.4 Å². The van der Waals surface area contributed by atoms with Crippen molar-refractivity contribution in [1.29, 1.82) is 5.26 Å². The molecular weight excluding hydrogens is 466 g/mol. The largest absolute Gasteiger partial charge is 0.334 e.